The zero-order chi connectivity index (χ0) is 8.55. The number of hydrogen-bond acceptors (Lipinski definition) is 2. The van der Waals surface area contributed by atoms with Gasteiger partial charge in [0.15, 0.2) is 0 Å². The number of aromatic nitrogens is 1. The Labute approximate surface area is 102 Å². The summed E-state index contributed by atoms with van der Waals surface area (Å²) in [6.07, 6.45) is 0. The number of thiazole rings is 1. The molecule has 1 heterocycles. The van der Waals surface area contributed by atoms with Crippen molar-refractivity contribution in [2.24, 2.45) is 0 Å². The maximum absolute atomic E-state index is 4.41. The standard InChI is InChI=1S/C9H7BrNS.V/c1-6-3-2-4-7-9(6)12-8(5-10)11-7;/h2-3H,5H2,1H3;/q-1;. The molecule has 1 nitrogen and oxygen atoms in total. The minimum absolute atomic E-state index is 0. The van der Waals surface area contributed by atoms with Crippen molar-refractivity contribution in [1.29, 1.82) is 0 Å². The molecule has 0 N–H and O–H groups in total. The second-order valence-electron chi connectivity index (χ2n) is 2.58. The van der Waals surface area contributed by atoms with Gasteiger partial charge in [0.25, 0.3) is 0 Å². The van der Waals surface area contributed by atoms with Crippen LogP contribution in [0.2, 0.25) is 0 Å². The minimum atomic E-state index is 0. The summed E-state index contributed by atoms with van der Waals surface area (Å²) in [6.45, 7) is 2.10. The van der Waals surface area contributed by atoms with Crippen molar-refractivity contribution >= 4 is 37.5 Å². The fraction of sp³-hybridized carbons (Fsp3) is 0.222. The average Bonchev–Trinajstić information content (AvgIpc) is 2.49. The van der Waals surface area contributed by atoms with Crippen LogP contribution in [-0.2, 0) is 23.9 Å². The zero-order valence-corrected chi connectivity index (χ0v) is 10.8. The van der Waals surface area contributed by atoms with Gasteiger partial charge < -0.3 is 0 Å². The van der Waals surface area contributed by atoms with E-state index in [0.717, 1.165) is 15.9 Å². The van der Waals surface area contributed by atoms with Crippen molar-refractivity contribution in [2.45, 2.75) is 12.3 Å². The van der Waals surface area contributed by atoms with E-state index >= 15 is 0 Å². The van der Waals surface area contributed by atoms with Crippen molar-refractivity contribution in [3.8, 4) is 0 Å². The first-order chi connectivity index (χ1) is 5.81. The molecule has 1 aromatic carbocycles. The number of benzene rings is 1. The van der Waals surface area contributed by atoms with Crippen LogP contribution in [0, 0.1) is 13.0 Å². The third kappa shape index (κ3) is 2.16. The Hall–Kier alpha value is 0.174. The molecular weight excluding hydrogens is 285 g/mol. The average molecular weight is 292 g/mol. The van der Waals surface area contributed by atoms with Gasteiger partial charge in [0.1, 0.15) is 0 Å². The van der Waals surface area contributed by atoms with Gasteiger partial charge in [-0.2, -0.15) is 29.5 Å². The van der Waals surface area contributed by atoms with E-state index in [1.165, 1.54) is 10.3 Å². The number of nitrogens with zero attached hydrogens (tertiary/aromatic N) is 1. The molecule has 67 valence electrons. The van der Waals surface area contributed by atoms with E-state index in [1.807, 2.05) is 6.07 Å². The first-order valence-electron chi connectivity index (χ1n) is 3.64. The summed E-state index contributed by atoms with van der Waals surface area (Å²) in [4.78, 5) is 4.41. The molecule has 2 rings (SSSR count). The van der Waals surface area contributed by atoms with Crippen LogP contribution in [0.1, 0.15) is 10.6 Å². The van der Waals surface area contributed by atoms with Crippen molar-refractivity contribution in [3.63, 3.8) is 0 Å². The molecule has 0 aliphatic heterocycles. The molecule has 1 aromatic heterocycles. The first kappa shape index (κ1) is 11.3. The van der Waals surface area contributed by atoms with E-state index in [1.54, 1.807) is 11.3 Å². The van der Waals surface area contributed by atoms with Crippen LogP contribution in [0.25, 0.3) is 10.2 Å². The molecule has 13 heavy (non-hydrogen) atoms. The van der Waals surface area contributed by atoms with Crippen molar-refractivity contribution in [1.82, 2.24) is 4.98 Å². The molecule has 0 amide bonds. The fourth-order valence-corrected chi connectivity index (χ4v) is 2.43. The maximum Gasteiger partial charge on any atom is 0.0898 e. The molecule has 0 bridgehead atoms. The van der Waals surface area contributed by atoms with Crippen LogP contribution in [0.4, 0.5) is 0 Å². The molecular formula is C9H7BrNSV-. The van der Waals surface area contributed by atoms with Gasteiger partial charge in [-0.15, -0.1) is 5.56 Å². The molecule has 2 aromatic rings. The number of fused-ring (bicyclic) bond motifs is 1. The van der Waals surface area contributed by atoms with Gasteiger partial charge in [-0.1, -0.05) is 27.6 Å². The Morgan fingerprint density at radius 3 is 3.00 bits per heavy atom. The summed E-state index contributed by atoms with van der Waals surface area (Å²) in [5.74, 6) is 0. The van der Waals surface area contributed by atoms with Crippen LogP contribution in [-0.4, -0.2) is 4.98 Å². The third-order valence-electron chi connectivity index (χ3n) is 1.70. The van der Waals surface area contributed by atoms with Crippen LogP contribution in [0.3, 0.4) is 0 Å². The Balaban J connectivity index is 0.000000845. The number of halogens is 1. The van der Waals surface area contributed by atoms with E-state index in [9.17, 15) is 0 Å². The maximum atomic E-state index is 4.41. The largest absolute Gasteiger partial charge is 0.268 e. The molecule has 0 aliphatic rings. The zero-order valence-electron chi connectivity index (χ0n) is 7.04. The fourth-order valence-electron chi connectivity index (χ4n) is 1.11. The van der Waals surface area contributed by atoms with Gasteiger partial charge in [0, 0.05) is 18.6 Å². The molecule has 0 unspecified atom stereocenters. The molecule has 0 fully saturated rings. The quantitative estimate of drug-likeness (QED) is 0.580. The van der Waals surface area contributed by atoms with Gasteiger partial charge in [-0.25, -0.2) is 0 Å². The normalized spacial score (nSPS) is 10.0. The molecule has 0 spiro atoms. The molecule has 0 saturated heterocycles. The minimum Gasteiger partial charge on any atom is -0.268 e. The first-order valence-corrected chi connectivity index (χ1v) is 5.57. The second-order valence-corrected chi connectivity index (χ2v) is 4.22. The number of aryl methyl sites for hydroxylation is 1. The topological polar surface area (TPSA) is 12.9 Å². The van der Waals surface area contributed by atoms with E-state index in [-0.39, 0.29) is 18.6 Å². The number of hydrogen-bond donors (Lipinski definition) is 0. The van der Waals surface area contributed by atoms with Crippen LogP contribution < -0.4 is 0 Å². The van der Waals surface area contributed by atoms with Gasteiger partial charge in [-0.05, 0) is 5.52 Å². The number of alkyl halides is 1. The predicted molar refractivity (Wildman–Crippen MR) is 55.8 cm³/mol. The second kappa shape index (κ2) is 4.60. The molecule has 0 atom stereocenters. The Kier molecular flexibility index (Phi) is 3.98. The van der Waals surface area contributed by atoms with Crippen molar-refractivity contribution < 1.29 is 18.6 Å². The van der Waals surface area contributed by atoms with Crippen molar-refractivity contribution in [3.05, 3.63) is 28.8 Å². The smallest absolute Gasteiger partial charge is 0.0898 e. The molecule has 1 radical (unpaired) electrons. The third-order valence-corrected chi connectivity index (χ3v) is 3.79. The summed E-state index contributed by atoms with van der Waals surface area (Å²) in [7, 11) is 0. The van der Waals surface area contributed by atoms with Gasteiger partial charge in [0.05, 0.1) is 10.3 Å². The van der Waals surface area contributed by atoms with Crippen LogP contribution >= 0.6 is 27.3 Å². The summed E-state index contributed by atoms with van der Waals surface area (Å²) >= 11 is 5.13. The van der Waals surface area contributed by atoms with E-state index in [4.69, 9.17) is 0 Å². The summed E-state index contributed by atoms with van der Waals surface area (Å²) in [6, 6.07) is 7.12. The Morgan fingerprint density at radius 2 is 2.38 bits per heavy atom. The predicted octanol–water partition coefficient (Wildman–Crippen LogP) is 3.30. The summed E-state index contributed by atoms with van der Waals surface area (Å²) in [5, 5.41) is 1.95. The molecule has 0 aliphatic carbocycles. The number of rotatable bonds is 1. The summed E-state index contributed by atoms with van der Waals surface area (Å²) < 4.78 is 1.26. The van der Waals surface area contributed by atoms with Gasteiger partial charge in [-0.3, -0.25) is 4.98 Å². The monoisotopic (exact) mass is 291 g/mol. The Bertz CT molecular complexity index is 413. The van der Waals surface area contributed by atoms with E-state index in [0.29, 0.717) is 0 Å². The SMILES string of the molecule is Cc1cc[c-]c2nc(CBr)sc12.[V]. The van der Waals surface area contributed by atoms with Gasteiger partial charge >= 0.3 is 0 Å². The van der Waals surface area contributed by atoms with Crippen molar-refractivity contribution in [2.75, 3.05) is 0 Å². The van der Waals surface area contributed by atoms with Crippen LogP contribution in [0.5, 0.6) is 0 Å². The molecule has 4 heteroatoms. The van der Waals surface area contributed by atoms with Gasteiger partial charge in [0.2, 0.25) is 0 Å². The van der Waals surface area contributed by atoms with E-state index in [2.05, 4.69) is 40.0 Å². The van der Waals surface area contributed by atoms with E-state index < -0.39 is 0 Å². The molecule has 0 saturated carbocycles. The summed E-state index contributed by atoms with van der Waals surface area (Å²) in [5.41, 5.74) is 2.28. The van der Waals surface area contributed by atoms with Crippen LogP contribution in [0.15, 0.2) is 12.1 Å². The Morgan fingerprint density at radius 1 is 1.62 bits per heavy atom.